The van der Waals surface area contributed by atoms with Gasteiger partial charge in [-0.15, -0.1) is 0 Å². The number of thiazole rings is 1. The third-order valence-electron chi connectivity index (χ3n) is 2.52. The Morgan fingerprint density at radius 3 is 2.89 bits per heavy atom. The van der Waals surface area contributed by atoms with Gasteiger partial charge in [-0.2, -0.15) is 0 Å². The Kier molecular flexibility index (Phi) is 3.79. The summed E-state index contributed by atoms with van der Waals surface area (Å²) in [5, 5.41) is 3.47. The van der Waals surface area contributed by atoms with Gasteiger partial charge < -0.3 is 10.1 Å². The molecule has 0 aromatic carbocycles. The number of esters is 1. The number of hydrogen-bond donors (Lipinski definition) is 1. The number of anilines is 1. The van der Waals surface area contributed by atoms with Gasteiger partial charge in [-0.25, -0.2) is 18.2 Å². The van der Waals surface area contributed by atoms with E-state index < -0.39 is 15.8 Å². The minimum absolute atomic E-state index is 0.0650. The van der Waals surface area contributed by atoms with Crippen molar-refractivity contribution in [3.05, 3.63) is 10.0 Å². The Bertz CT molecular complexity index is 569. The molecule has 1 aromatic rings. The largest absolute Gasteiger partial charge is 0.465 e. The topological polar surface area (TPSA) is 85.4 Å². The highest BCUT2D eigenvalue weighted by atomic mass is 35.5. The van der Waals surface area contributed by atoms with Gasteiger partial charge in [0.1, 0.15) is 0 Å². The van der Waals surface area contributed by atoms with E-state index in [1.807, 2.05) is 0 Å². The third-order valence-corrected chi connectivity index (χ3v) is 5.64. The molecule has 0 radical (unpaired) electrons. The number of methoxy groups -OCH3 is 1. The molecule has 100 valence electrons. The van der Waals surface area contributed by atoms with E-state index in [0.29, 0.717) is 11.6 Å². The zero-order valence-electron chi connectivity index (χ0n) is 9.47. The number of nitrogens with zero attached hydrogens (tertiary/aromatic N) is 1. The molecule has 1 fully saturated rings. The molecule has 1 aliphatic heterocycles. The number of hydrogen-bond acceptors (Lipinski definition) is 7. The van der Waals surface area contributed by atoms with Crippen LogP contribution in [0.15, 0.2) is 0 Å². The predicted octanol–water partition coefficient (Wildman–Crippen LogP) is 1.18. The first kappa shape index (κ1) is 13.6. The lowest BCUT2D eigenvalue weighted by molar-refractivity contribution is 0.0606. The van der Waals surface area contributed by atoms with E-state index in [0.717, 1.165) is 11.3 Å². The summed E-state index contributed by atoms with van der Waals surface area (Å²) in [7, 11) is -1.69. The molecule has 0 spiro atoms. The summed E-state index contributed by atoms with van der Waals surface area (Å²) < 4.78 is 27.2. The average Bonchev–Trinajstić information content (AvgIpc) is 2.81. The average molecular weight is 311 g/mol. The van der Waals surface area contributed by atoms with Crippen LogP contribution < -0.4 is 5.32 Å². The molecule has 2 rings (SSSR count). The van der Waals surface area contributed by atoms with Crippen LogP contribution in [0.3, 0.4) is 0 Å². The van der Waals surface area contributed by atoms with Crippen molar-refractivity contribution in [3.8, 4) is 0 Å². The zero-order valence-corrected chi connectivity index (χ0v) is 11.9. The fourth-order valence-electron chi connectivity index (χ4n) is 1.67. The van der Waals surface area contributed by atoms with E-state index in [4.69, 9.17) is 11.6 Å². The molecule has 6 nitrogen and oxygen atoms in total. The van der Waals surface area contributed by atoms with Crippen molar-refractivity contribution in [2.45, 2.75) is 12.5 Å². The molecule has 0 bridgehead atoms. The second-order valence-electron chi connectivity index (χ2n) is 3.87. The summed E-state index contributed by atoms with van der Waals surface area (Å²) in [5.74, 6) is -0.296. The highest BCUT2D eigenvalue weighted by molar-refractivity contribution is 7.91. The Hall–Kier alpha value is -0.860. The van der Waals surface area contributed by atoms with Gasteiger partial charge in [0.15, 0.2) is 25.0 Å². The molecular formula is C9H11ClN2O4S2. The first-order valence-corrected chi connectivity index (χ1v) is 8.14. The molecule has 18 heavy (non-hydrogen) atoms. The molecule has 0 aliphatic carbocycles. The van der Waals surface area contributed by atoms with Crippen molar-refractivity contribution < 1.29 is 17.9 Å². The van der Waals surface area contributed by atoms with Crippen LogP contribution in [0.1, 0.15) is 16.1 Å². The summed E-state index contributed by atoms with van der Waals surface area (Å²) in [6.07, 6.45) is 0.535. The molecule has 1 unspecified atom stereocenters. The minimum atomic E-state index is -2.95. The predicted molar refractivity (Wildman–Crippen MR) is 69.1 cm³/mol. The maximum atomic E-state index is 11.3. The van der Waals surface area contributed by atoms with Gasteiger partial charge >= 0.3 is 5.97 Å². The van der Waals surface area contributed by atoms with Crippen molar-refractivity contribution in [1.29, 1.82) is 0 Å². The number of sulfone groups is 1. The van der Waals surface area contributed by atoms with Gasteiger partial charge in [0.05, 0.1) is 18.6 Å². The number of rotatable bonds is 3. The molecule has 1 aromatic heterocycles. The van der Waals surface area contributed by atoms with Gasteiger partial charge in [-0.05, 0) is 6.42 Å². The molecule has 1 saturated heterocycles. The van der Waals surface area contributed by atoms with E-state index in [9.17, 15) is 13.2 Å². The summed E-state index contributed by atoms with van der Waals surface area (Å²) >= 11 is 6.86. The molecule has 1 N–H and O–H groups in total. The van der Waals surface area contributed by atoms with E-state index in [1.54, 1.807) is 0 Å². The van der Waals surface area contributed by atoms with Crippen molar-refractivity contribution in [3.63, 3.8) is 0 Å². The first-order chi connectivity index (χ1) is 8.41. The Labute approximate surface area is 113 Å². The quantitative estimate of drug-likeness (QED) is 0.844. The van der Waals surface area contributed by atoms with Gasteiger partial charge in [-0.1, -0.05) is 22.9 Å². The van der Waals surface area contributed by atoms with Crippen LogP contribution >= 0.6 is 22.9 Å². The summed E-state index contributed by atoms with van der Waals surface area (Å²) in [5.41, 5.74) is 0. The van der Waals surface area contributed by atoms with Gasteiger partial charge in [0.25, 0.3) is 0 Å². The van der Waals surface area contributed by atoms with Crippen LogP contribution in [-0.4, -0.2) is 44.0 Å². The lowest BCUT2D eigenvalue weighted by atomic mass is 10.3. The summed E-state index contributed by atoms with van der Waals surface area (Å²) in [4.78, 5) is 15.5. The second kappa shape index (κ2) is 5.02. The van der Waals surface area contributed by atoms with Crippen molar-refractivity contribution >= 4 is 43.9 Å². The Morgan fingerprint density at radius 2 is 2.33 bits per heavy atom. The van der Waals surface area contributed by atoms with Crippen LogP contribution in [-0.2, 0) is 14.6 Å². The fraction of sp³-hybridized carbons (Fsp3) is 0.556. The molecule has 1 atom stereocenters. The van der Waals surface area contributed by atoms with E-state index in [1.165, 1.54) is 7.11 Å². The monoisotopic (exact) mass is 310 g/mol. The number of nitrogens with one attached hydrogen (secondary N) is 1. The molecular weight excluding hydrogens is 300 g/mol. The highest BCUT2D eigenvalue weighted by Gasteiger charge is 2.29. The number of ether oxygens (including phenoxy) is 1. The van der Waals surface area contributed by atoms with Crippen LogP contribution in [0.5, 0.6) is 0 Å². The maximum Gasteiger partial charge on any atom is 0.351 e. The van der Waals surface area contributed by atoms with Crippen LogP contribution in [0, 0.1) is 0 Å². The number of aromatic nitrogens is 1. The number of halogens is 1. The number of carbonyl (C=O) groups is 1. The summed E-state index contributed by atoms with van der Waals surface area (Å²) in [6, 6.07) is -0.178. The fourth-order valence-corrected chi connectivity index (χ4v) is 4.52. The standard InChI is InChI=1S/C9H11ClN2O4S2/c1-16-8(13)6-7(10)12-9(17-6)11-5-2-3-18(14,15)4-5/h5H,2-4H2,1H3,(H,11,12). The SMILES string of the molecule is COC(=O)c1sc(NC2CCS(=O)(=O)C2)nc1Cl. The maximum absolute atomic E-state index is 11.3. The molecule has 0 saturated carbocycles. The smallest absolute Gasteiger partial charge is 0.351 e. The zero-order chi connectivity index (χ0) is 13.3. The normalized spacial score (nSPS) is 21.8. The van der Waals surface area contributed by atoms with E-state index in [-0.39, 0.29) is 27.6 Å². The van der Waals surface area contributed by atoms with Gasteiger partial charge in [0, 0.05) is 6.04 Å². The lowest BCUT2D eigenvalue weighted by Crippen LogP contribution is -2.20. The number of carbonyl (C=O) groups excluding carboxylic acids is 1. The molecule has 9 heteroatoms. The second-order valence-corrected chi connectivity index (χ2v) is 7.46. The first-order valence-electron chi connectivity index (χ1n) is 5.13. The van der Waals surface area contributed by atoms with Crippen molar-refractivity contribution in [1.82, 2.24) is 4.98 Å². The van der Waals surface area contributed by atoms with Gasteiger partial charge in [0.2, 0.25) is 0 Å². The van der Waals surface area contributed by atoms with Gasteiger partial charge in [-0.3, -0.25) is 0 Å². The van der Waals surface area contributed by atoms with Crippen molar-refractivity contribution in [2.24, 2.45) is 0 Å². The Balaban J connectivity index is 2.09. The highest BCUT2D eigenvalue weighted by Crippen LogP contribution is 2.29. The van der Waals surface area contributed by atoms with Crippen molar-refractivity contribution in [2.75, 3.05) is 23.9 Å². The lowest BCUT2D eigenvalue weighted by Gasteiger charge is -2.07. The summed E-state index contributed by atoms with van der Waals surface area (Å²) in [6.45, 7) is 0. The van der Waals surface area contributed by atoms with Crippen LogP contribution in [0.25, 0.3) is 0 Å². The molecule has 1 aliphatic rings. The van der Waals surface area contributed by atoms with E-state index >= 15 is 0 Å². The Morgan fingerprint density at radius 1 is 1.61 bits per heavy atom. The van der Waals surface area contributed by atoms with Crippen LogP contribution in [0.2, 0.25) is 5.15 Å². The molecule has 0 amide bonds. The minimum Gasteiger partial charge on any atom is -0.465 e. The van der Waals surface area contributed by atoms with Crippen LogP contribution in [0.4, 0.5) is 5.13 Å². The van der Waals surface area contributed by atoms with E-state index in [2.05, 4.69) is 15.0 Å². The molecule has 2 heterocycles. The third kappa shape index (κ3) is 2.93.